The first-order chi connectivity index (χ1) is 12.3. The van der Waals surface area contributed by atoms with Gasteiger partial charge in [0.05, 0.1) is 6.04 Å². The van der Waals surface area contributed by atoms with Gasteiger partial charge in [-0.05, 0) is 69.3 Å². The van der Waals surface area contributed by atoms with E-state index in [1.54, 1.807) is 0 Å². The number of hydrogen-bond donors (Lipinski definition) is 2. The average molecular weight is 341 g/mol. The zero-order valence-electron chi connectivity index (χ0n) is 15.6. The Morgan fingerprint density at radius 2 is 1.88 bits per heavy atom. The summed E-state index contributed by atoms with van der Waals surface area (Å²) in [6, 6.07) is 7.38. The molecule has 0 spiro atoms. The van der Waals surface area contributed by atoms with Gasteiger partial charge in [0.1, 0.15) is 5.84 Å². The van der Waals surface area contributed by atoms with E-state index in [-0.39, 0.29) is 0 Å². The quantitative estimate of drug-likeness (QED) is 0.656. The van der Waals surface area contributed by atoms with Gasteiger partial charge < -0.3 is 15.5 Å². The third-order valence-electron chi connectivity index (χ3n) is 5.92. The lowest BCUT2D eigenvalue weighted by atomic mass is 9.95. The van der Waals surface area contributed by atoms with Crippen LogP contribution in [0.15, 0.2) is 23.2 Å². The van der Waals surface area contributed by atoms with E-state index in [2.05, 4.69) is 40.7 Å². The van der Waals surface area contributed by atoms with Gasteiger partial charge in [-0.25, -0.2) is 0 Å². The van der Waals surface area contributed by atoms with Crippen LogP contribution in [-0.2, 0) is 13.1 Å². The number of aryl methyl sites for hydroxylation is 1. The fourth-order valence-corrected chi connectivity index (χ4v) is 4.48. The van der Waals surface area contributed by atoms with Crippen molar-refractivity contribution in [3.8, 4) is 0 Å². The second kappa shape index (κ2) is 7.88. The summed E-state index contributed by atoms with van der Waals surface area (Å²) >= 11 is 0. The van der Waals surface area contributed by atoms with Crippen molar-refractivity contribution in [1.82, 2.24) is 15.5 Å². The molecule has 2 fully saturated rings. The highest BCUT2D eigenvalue weighted by molar-refractivity contribution is 5.83. The second-order valence-electron chi connectivity index (χ2n) is 8.09. The minimum atomic E-state index is 0.464. The van der Waals surface area contributed by atoms with Crippen LogP contribution in [-0.4, -0.2) is 43.0 Å². The molecule has 0 aromatic heterocycles. The number of nitrogens with one attached hydrogen (secondary N) is 2. The molecule has 0 saturated carbocycles. The number of rotatable bonds is 3. The Hall–Kier alpha value is -1.39. The molecule has 3 aliphatic heterocycles. The second-order valence-corrected chi connectivity index (χ2v) is 8.09. The molecule has 1 aromatic carbocycles. The SMILES string of the molecule is Cc1ccc2c(c1)CN(C(CC1CCCNC1)=NC1CCCNC1)C2. The molecule has 2 unspecified atom stereocenters. The highest BCUT2D eigenvalue weighted by atomic mass is 15.2. The van der Waals surface area contributed by atoms with E-state index in [4.69, 9.17) is 4.99 Å². The van der Waals surface area contributed by atoms with Crippen LogP contribution >= 0.6 is 0 Å². The lowest BCUT2D eigenvalue weighted by Gasteiger charge is -2.29. The molecule has 3 aliphatic rings. The number of nitrogens with zero attached hydrogens (tertiary/aromatic N) is 2. The number of amidine groups is 1. The standard InChI is InChI=1S/C21H32N4/c1-16-6-7-18-14-25(15-19(18)10-16)21(11-17-4-2-8-22-12-17)24-20-5-3-9-23-13-20/h6-7,10,17,20,22-23H,2-5,8-9,11-15H2,1H3. The van der Waals surface area contributed by atoms with Crippen molar-refractivity contribution in [3.05, 3.63) is 34.9 Å². The molecule has 136 valence electrons. The Bertz CT molecular complexity index is 612. The van der Waals surface area contributed by atoms with Crippen LogP contribution in [0.3, 0.4) is 0 Å². The van der Waals surface area contributed by atoms with Crippen molar-refractivity contribution >= 4 is 5.84 Å². The Morgan fingerprint density at radius 3 is 2.64 bits per heavy atom. The van der Waals surface area contributed by atoms with E-state index in [0.29, 0.717) is 6.04 Å². The summed E-state index contributed by atoms with van der Waals surface area (Å²) in [5.74, 6) is 2.10. The Morgan fingerprint density at radius 1 is 1.08 bits per heavy atom. The molecular formula is C21H32N4. The first-order valence-electron chi connectivity index (χ1n) is 10.1. The molecule has 0 aliphatic carbocycles. The van der Waals surface area contributed by atoms with E-state index < -0.39 is 0 Å². The fraction of sp³-hybridized carbons (Fsp3) is 0.667. The van der Waals surface area contributed by atoms with Gasteiger partial charge in [0, 0.05) is 26.1 Å². The van der Waals surface area contributed by atoms with Gasteiger partial charge in [-0.3, -0.25) is 4.99 Å². The van der Waals surface area contributed by atoms with Crippen molar-refractivity contribution in [1.29, 1.82) is 0 Å². The van der Waals surface area contributed by atoms with E-state index in [1.807, 2.05) is 0 Å². The molecule has 2 atom stereocenters. The zero-order chi connectivity index (χ0) is 17.1. The average Bonchev–Trinajstić information content (AvgIpc) is 3.06. The topological polar surface area (TPSA) is 39.7 Å². The Labute approximate surface area is 152 Å². The van der Waals surface area contributed by atoms with Crippen molar-refractivity contribution < 1.29 is 0 Å². The molecular weight excluding hydrogens is 308 g/mol. The van der Waals surface area contributed by atoms with Crippen LogP contribution in [0, 0.1) is 12.8 Å². The number of piperidine rings is 2. The highest BCUT2D eigenvalue weighted by Crippen LogP contribution is 2.27. The molecule has 4 heteroatoms. The summed E-state index contributed by atoms with van der Waals surface area (Å²) in [5.41, 5.74) is 4.35. The number of fused-ring (bicyclic) bond motifs is 1. The van der Waals surface area contributed by atoms with Crippen LogP contribution in [0.5, 0.6) is 0 Å². The predicted molar refractivity (Wildman–Crippen MR) is 104 cm³/mol. The molecule has 4 nitrogen and oxygen atoms in total. The summed E-state index contributed by atoms with van der Waals surface area (Å²) in [6.45, 7) is 8.81. The normalized spacial score (nSPS) is 27.4. The maximum absolute atomic E-state index is 5.27. The third kappa shape index (κ3) is 4.24. The first kappa shape index (κ1) is 17.0. The Balaban J connectivity index is 1.51. The molecule has 0 radical (unpaired) electrons. The maximum atomic E-state index is 5.27. The van der Waals surface area contributed by atoms with Gasteiger partial charge in [-0.1, -0.05) is 23.8 Å². The number of hydrogen-bond acceptors (Lipinski definition) is 3. The lowest BCUT2D eigenvalue weighted by molar-refractivity contribution is 0.357. The van der Waals surface area contributed by atoms with Gasteiger partial charge in [0.2, 0.25) is 0 Å². The van der Waals surface area contributed by atoms with Crippen LogP contribution in [0.4, 0.5) is 0 Å². The molecule has 0 bridgehead atoms. The summed E-state index contributed by atoms with van der Waals surface area (Å²) in [7, 11) is 0. The van der Waals surface area contributed by atoms with E-state index in [0.717, 1.165) is 45.1 Å². The molecule has 2 saturated heterocycles. The predicted octanol–water partition coefficient (Wildman–Crippen LogP) is 2.85. The molecule has 2 N–H and O–H groups in total. The highest BCUT2D eigenvalue weighted by Gasteiger charge is 2.26. The van der Waals surface area contributed by atoms with Crippen LogP contribution in [0.25, 0.3) is 0 Å². The third-order valence-corrected chi connectivity index (χ3v) is 5.92. The smallest absolute Gasteiger partial charge is 0.100 e. The molecule has 1 aromatic rings. The van der Waals surface area contributed by atoms with E-state index in [9.17, 15) is 0 Å². The summed E-state index contributed by atoms with van der Waals surface area (Å²) in [4.78, 5) is 7.82. The number of benzene rings is 1. The van der Waals surface area contributed by atoms with Crippen molar-refractivity contribution in [2.24, 2.45) is 10.9 Å². The van der Waals surface area contributed by atoms with Crippen LogP contribution in [0.1, 0.15) is 48.8 Å². The summed E-state index contributed by atoms with van der Waals surface area (Å²) < 4.78 is 0. The fourth-order valence-electron chi connectivity index (χ4n) is 4.48. The van der Waals surface area contributed by atoms with Gasteiger partial charge in [0.15, 0.2) is 0 Å². The first-order valence-corrected chi connectivity index (χ1v) is 10.1. The molecule has 25 heavy (non-hydrogen) atoms. The lowest BCUT2D eigenvalue weighted by Crippen LogP contribution is -2.38. The maximum Gasteiger partial charge on any atom is 0.100 e. The van der Waals surface area contributed by atoms with Gasteiger partial charge in [-0.15, -0.1) is 0 Å². The van der Waals surface area contributed by atoms with Crippen molar-refractivity contribution in [2.75, 3.05) is 26.2 Å². The molecule has 3 heterocycles. The Kier molecular flexibility index (Phi) is 5.37. The minimum Gasteiger partial charge on any atom is -0.352 e. The van der Waals surface area contributed by atoms with Gasteiger partial charge in [-0.2, -0.15) is 0 Å². The molecule has 4 rings (SSSR count). The summed E-state index contributed by atoms with van der Waals surface area (Å²) in [6.07, 6.45) is 6.28. The molecule has 0 amide bonds. The van der Waals surface area contributed by atoms with Crippen LogP contribution in [0.2, 0.25) is 0 Å². The zero-order valence-corrected chi connectivity index (χ0v) is 15.6. The van der Waals surface area contributed by atoms with Gasteiger partial charge in [0.25, 0.3) is 0 Å². The number of aliphatic imine (C=N–C) groups is 1. The van der Waals surface area contributed by atoms with Crippen molar-refractivity contribution in [2.45, 2.75) is 58.2 Å². The largest absolute Gasteiger partial charge is 0.352 e. The van der Waals surface area contributed by atoms with E-state index >= 15 is 0 Å². The summed E-state index contributed by atoms with van der Waals surface area (Å²) in [5, 5.41) is 7.09. The van der Waals surface area contributed by atoms with E-state index in [1.165, 1.54) is 54.8 Å². The van der Waals surface area contributed by atoms with Crippen LogP contribution < -0.4 is 10.6 Å². The van der Waals surface area contributed by atoms with Gasteiger partial charge >= 0.3 is 0 Å². The monoisotopic (exact) mass is 340 g/mol. The minimum absolute atomic E-state index is 0.464. The van der Waals surface area contributed by atoms with Crippen molar-refractivity contribution in [3.63, 3.8) is 0 Å².